The topological polar surface area (TPSA) is 172 Å². The van der Waals surface area contributed by atoms with E-state index in [4.69, 9.17) is 16.6 Å². The number of aromatic nitrogens is 8. The first-order valence-electron chi connectivity index (χ1n) is 18.9. The van der Waals surface area contributed by atoms with Crippen molar-refractivity contribution in [1.29, 1.82) is 0 Å². The number of carbonyl (C=O) groups is 1. The minimum absolute atomic E-state index is 0.00684. The Morgan fingerprint density at radius 3 is 2.46 bits per heavy atom. The monoisotopic (exact) mass is 914 g/mol. The fourth-order valence-electron chi connectivity index (χ4n) is 8.39. The predicted molar refractivity (Wildman–Crippen MR) is 214 cm³/mol. The van der Waals surface area contributed by atoms with E-state index in [-0.39, 0.29) is 78.8 Å². The lowest BCUT2D eigenvalue weighted by Crippen LogP contribution is -2.38. The number of alkyl halides is 4. The molecule has 326 valence electrons. The normalized spacial score (nSPS) is 17.0. The van der Waals surface area contributed by atoms with Gasteiger partial charge in [0.05, 0.1) is 51.0 Å². The molecule has 2 aliphatic rings. The molecule has 4 aromatic heterocycles. The number of halogens is 8. The Hall–Kier alpha value is -6.42. The van der Waals surface area contributed by atoms with Crippen LogP contribution in [0, 0.1) is 30.3 Å². The van der Waals surface area contributed by atoms with E-state index in [2.05, 4.69) is 30.2 Å². The van der Waals surface area contributed by atoms with Gasteiger partial charge in [0, 0.05) is 36.6 Å². The second-order valence-electron chi connectivity index (χ2n) is 15.4. The van der Waals surface area contributed by atoms with Crippen LogP contribution in [0.2, 0.25) is 5.02 Å². The molecule has 14 nitrogen and oxygen atoms in total. The van der Waals surface area contributed by atoms with Crippen LogP contribution in [0.15, 0.2) is 59.5 Å². The van der Waals surface area contributed by atoms with Crippen molar-refractivity contribution in [2.24, 2.45) is 13.0 Å². The van der Waals surface area contributed by atoms with Gasteiger partial charge in [-0.05, 0) is 61.2 Å². The van der Waals surface area contributed by atoms with Gasteiger partial charge >= 0.3 is 0 Å². The number of nitrogens with zero attached hydrogens (tertiary/aromatic N) is 8. The Balaban J connectivity index is 1.27. The van der Waals surface area contributed by atoms with E-state index in [1.165, 1.54) is 49.0 Å². The van der Waals surface area contributed by atoms with Gasteiger partial charge in [0.1, 0.15) is 46.9 Å². The summed E-state index contributed by atoms with van der Waals surface area (Å²) in [5.74, 6) is -9.97. The number of anilines is 1. The van der Waals surface area contributed by atoms with Crippen molar-refractivity contribution in [2.75, 3.05) is 11.0 Å². The molecule has 23 heteroatoms. The van der Waals surface area contributed by atoms with Crippen LogP contribution in [-0.4, -0.2) is 59.7 Å². The number of benzene rings is 3. The maximum absolute atomic E-state index is 15.5. The van der Waals surface area contributed by atoms with Crippen molar-refractivity contribution in [3.63, 3.8) is 0 Å². The van der Waals surface area contributed by atoms with Crippen molar-refractivity contribution in [3.05, 3.63) is 122 Å². The molecule has 2 N–H and O–H groups in total. The third-order valence-corrected chi connectivity index (χ3v) is 11.8. The standard InChI is InChI=1S/C40H30ClF7N10O4S/c1-16-49-14-25(44)32(50-16)18-4-5-21-26(11-18)52-38(58(39(21)60)28-7-6-24(41)31-34(28)56(2)54-37(31)55-63(3,61)62)27(10-17-8-19(42)12-20(43)9-17)51-29(59)15-57-35-30(33(53-57)36(45)46)22-13-23(22)40(35,47)48/h4-9,11-12,14,22-23,27,36H,10,13,15H2,1-3H3,(H,51,59)(H,54,55)/t22-,23+,27-/m0/s1. The molecule has 3 atom stereocenters. The molecule has 0 radical (unpaired) electrons. The quantitative estimate of drug-likeness (QED) is 0.131. The first-order valence-corrected chi connectivity index (χ1v) is 21.2. The molecule has 1 saturated carbocycles. The van der Waals surface area contributed by atoms with Crippen LogP contribution in [0.1, 0.15) is 59.0 Å². The summed E-state index contributed by atoms with van der Waals surface area (Å²) in [5, 5.41) is 10.5. The SMILES string of the molecule is Cc1ncc(F)c(-c2ccc3c(=O)n(-c4ccc(Cl)c5c(NS(C)(=O)=O)nn(C)c45)c([C@H](Cc4cc(F)cc(F)c4)NC(=O)Cn4nc(C(F)F)c5c4C(F)(F)[C@@H]4C[C@H]54)nc3c2)n1. The highest BCUT2D eigenvalue weighted by molar-refractivity contribution is 7.92. The first kappa shape index (κ1) is 41.9. The summed E-state index contributed by atoms with van der Waals surface area (Å²) in [6, 6.07) is 7.65. The number of nitrogens with one attached hydrogen (secondary N) is 2. The molecule has 0 spiro atoms. The van der Waals surface area contributed by atoms with Crippen LogP contribution in [0.4, 0.5) is 36.6 Å². The molecule has 2 aliphatic carbocycles. The predicted octanol–water partition coefficient (Wildman–Crippen LogP) is 6.92. The summed E-state index contributed by atoms with van der Waals surface area (Å²) in [6.07, 6.45) is -1.96. The Morgan fingerprint density at radius 1 is 1.03 bits per heavy atom. The summed E-state index contributed by atoms with van der Waals surface area (Å²) in [4.78, 5) is 41.9. The summed E-state index contributed by atoms with van der Waals surface area (Å²) < 4.78 is 134. The molecule has 0 unspecified atom stereocenters. The minimum atomic E-state index is -3.94. The maximum atomic E-state index is 15.5. The van der Waals surface area contributed by atoms with Crippen LogP contribution in [0.25, 0.3) is 38.8 Å². The summed E-state index contributed by atoms with van der Waals surface area (Å²) in [5.41, 5.74) is -3.02. The number of carbonyl (C=O) groups excluding carboxylic acids is 1. The summed E-state index contributed by atoms with van der Waals surface area (Å²) in [7, 11) is -2.52. The molecule has 1 fully saturated rings. The van der Waals surface area contributed by atoms with Crippen molar-refractivity contribution in [2.45, 2.75) is 50.6 Å². The van der Waals surface area contributed by atoms with Crippen molar-refractivity contribution >= 4 is 55.2 Å². The number of aryl methyl sites for hydroxylation is 2. The average Bonchev–Trinajstić information content (AvgIpc) is 3.73. The van der Waals surface area contributed by atoms with Gasteiger partial charge in [-0.3, -0.25) is 28.2 Å². The van der Waals surface area contributed by atoms with Gasteiger partial charge in [0.15, 0.2) is 11.6 Å². The van der Waals surface area contributed by atoms with E-state index in [0.717, 1.165) is 29.2 Å². The lowest BCUT2D eigenvalue weighted by atomic mass is 10.0. The Morgan fingerprint density at radius 2 is 1.76 bits per heavy atom. The van der Waals surface area contributed by atoms with Gasteiger partial charge in [0.25, 0.3) is 17.9 Å². The Bertz CT molecular complexity index is 3250. The molecule has 3 aromatic carbocycles. The van der Waals surface area contributed by atoms with Gasteiger partial charge in [0.2, 0.25) is 15.9 Å². The number of rotatable bonds is 11. The number of hydrogen-bond acceptors (Lipinski definition) is 9. The van der Waals surface area contributed by atoms with E-state index in [1.807, 2.05) is 0 Å². The van der Waals surface area contributed by atoms with Crippen LogP contribution in [0.5, 0.6) is 0 Å². The molecule has 1 amide bonds. The number of amides is 1. The van der Waals surface area contributed by atoms with Gasteiger partial charge in [-0.1, -0.05) is 17.7 Å². The molecule has 0 saturated heterocycles. The highest BCUT2D eigenvalue weighted by Gasteiger charge is 2.67. The summed E-state index contributed by atoms with van der Waals surface area (Å²) >= 11 is 6.61. The average molecular weight is 915 g/mol. The second kappa shape index (κ2) is 14.9. The smallest absolute Gasteiger partial charge is 0.293 e. The highest BCUT2D eigenvalue weighted by atomic mass is 35.5. The molecule has 7 aromatic rings. The lowest BCUT2D eigenvalue weighted by Gasteiger charge is -2.24. The Kier molecular flexibility index (Phi) is 9.88. The minimum Gasteiger partial charge on any atom is -0.344 e. The van der Waals surface area contributed by atoms with Crippen LogP contribution < -0.4 is 15.6 Å². The number of hydrogen-bond donors (Lipinski definition) is 2. The van der Waals surface area contributed by atoms with E-state index in [1.54, 1.807) is 0 Å². The van der Waals surface area contributed by atoms with Crippen LogP contribution >= 0.6 is 11.6 Å². The molecule has 0 bridgehead atoms. The third-order valence-electron chi connectivity index (χ3n) is 10.9. The van der Waals surface area contributed by atoms with Crippen molar-refractivity contribution < 1.29 is 43.9 Å². The first-order chi connectivity index (χ1) is 29.7. The van der Waals surface area contributed by atoms with Crippen molar-refractivity contribution in [3.8, 4) is 16.9 Å². The van der Waals surface area contributed by atoms with E-state index in [0.29, 0.717) is 10.7 Å². The van der Waals surface area contributed by atoms with E-state index >= 15 is 13.2 Å². The third kappa shape index (κ3) is 7.33. The molecular formula is C40H30ClF7N10O4S. The molecule has 0 aliphatic heterocycles. The van der Waals surface area contributed by atoms with Gasteiger partial charge in [-0.25, -0.2) is 45.3 Å². The van der Waals surface area contributed by atoms with Gasteiger partial charge < -0.3 is 5.32 Å². The molecule has 9 rings (SSSR count). The van der Waals surface area contributed by atoms with Gasteiger partial charge in [-0.2, -0.15) is 19.0 Å². The molecule has 4 heterocycles. The molecule has 63 heavy (non-hydrogen) atoms. The fraction of sp³-hybridized carbons (Fsp3) is 0.275. The van der Waals surface area contributed by atoms with Crippen LogP contribution in [-0.2, 0) is 40.8 Å². The fourth-order valence-corrected chi connectivity index (χ4v) is 9.12. The zero-order valence-electron chi connectivity index (χ0n) is 32.8. The zero-order valence-corrected chi connectivity index (χ0v) is 34.3. The molecular weight excluding hydrogens is 885 g/mol. The van der Waals surface area contributed by atoms with E-state index < -0.39 is 93.5 Å². The second-order valence-corrected chi connectivity index (χ2v) is 17.5. The number of sulfonamides is 1. The zero-order chi connectivity index (χ0) is 45.0. The highest BCUT2D eigenvalue weighted by Crippen LogP contribution is 2.68. The van der Waals surface area contributed by atoms with Crippen molar-refractivity contribution in [1.82, 2.24) is 44.4 Å². The number of fused-ring (bicyclic) bond motifs is 5. The van der Waals surface area contributed by atoms with E-state index in [9.17, 15) is 35.6 Å². The Labute approximate surface area is 355 Å². The summed E-state index contributed by atoms with van der Waals surface area (Å²) in [6.45, 7) is 0.499. The largest absolute Gasteiger partial charge is 0.344 e. The maximum Gasteiger partial charge on any atom is 0.293 e. The van der Waals surface area contributed by atoms with Gasteiger partial charge in [-0.15, -0.1) is 0 Å². The van der Waals surface area contributed by atoms with Crippen LogP contribution in [0.3, 0.4) is 0 Å². The lowest BCUT2D eigenvalue weighted by molar-refractivity contribution is -0.123.